The maximum atomic E-state index is 12.4. The van der Waals surface area contributed by atoms with Gasteiger partial charge in [-0.25, -0.2) is 4.98 Å². The number of carbonyl (C=O) groups is 1. The number of nitrogens with zero attached hydrogens (tertiary/aromatic N) is 1. The molecule has 0 saturated heterocycles. The highest BCUT2D eigenvalue weighted by molar-refractivity contribution is 7.99. The van der Waals surface area contributed by atoms with Crippen molar-refractivity contribution in [2.45, 2.75) is 49.8 Å². The van der Waals surface area contributed by atoms with Crippen molar-refractivity contribution in [1.29, 1.82) is 0 Å². The lowest BCUT2D eigenvalue weighted by Crippen LogP contribution is -2.35. The average molecular weight is 407 g/mol. The van der Waals surface area contributed by atoms with Gasteiger partial charge in [-0.15, -0.1) is 0 Å². The minimum absolute atomic E-state index is 0.0580. The van der Waals surface area contributed by atoms with Crippen LogP contribution in [0.4, 0.5) is 0 Å². The van der Waals surface area contributed by atoms with E-state index in [9.17, 15) is 4.79 Å². The standard InChI is InChI=1S/C24H26N2O2S/c27-21(25-20-15-9-1-2-10-16-20)17-29-24-26-22(18-11-5-3-6-12-18)23(28-24)19-13-7-4-8-14-19/h3-8,11-14,20H,1-2,9-10,15-17H2,(H,25,27). The van der Waals surface area contributed by atoms with Crippen LogP contribution in [0.1, 0.15) is 38.5 Å². The van der Waals surface area contributed by atoms with Gasteiger partial charge in [-0.2, -0.15) is 0 Å². The minimum Gasteiger partial charge on any atom is -0.431 e. The summed E-state index contributed by atoms with van der Waals surface area (Å²) in [4.78, 5) is 17.1. The molecule has 0 atom stereocenters. The number of carbonyl (C=O) groups excluding carboxylic acids is 1. The molecule has 2 aromatic carbocycles. The van der Waals surface area contributed by atoms with E-state index < -0.39 is 0 Å². The van der Waals surface area contributed by atoms with Gasteiger partial charge in [0.1, 0.15) is 5.69 Å². The first-order chi connectivity index (χ1) is 14.3. The topological polar surface area (TPSA) is 55.1 Å². The first kappa shape index (κ1) is 19.8. The second-order valence-corrected chi connectivity index (χ2v) is 8.36. The molecule has 0 spiro atoms. The Labute approximate surface area is 176 Å². The normalized spacial score (nSPS) is 15.0. The molecule has 1 aliphatic rings. The van der Waals surface area contributed by atoms with Crippen molar-refractivity contribution in [3.05, 3.63) is 60.7 Å². The van der Waals surface area contributed by atoms with Crippen LogP contribution in [-0.2, 0) is 4.79 Å². The van der Waals surface area contributed by atoms with Crippen molar-refractivity contribution in [1.82, 2.24) is 10.3 Å². The number of hydrogen-bond donors (Lipinski definition) is 1. The van der Waals surface area contributed by atoms with E-state index in [1.165, 1.54) is 37.4 Å². The number of nitrogens with one attached hydrogen (secondary N) is 1. The fourth-order valence-corrected chi connectivity index (χ4v) is 4.40. The molecule has 29 heavy (non-hydrogen) atoms. The van der Waals surface area contributed by atoms with Gasteiger partial charge in [0.25, 0.3) is 5.22 Å². The highest BCUT2D eigenvalue weighted by Crippen LogP contribution is 2.35. The summed E-state index contributed by atoms with van der Waals surface area (Å²) in [5.74, 6) is 1.12. The number of hydrogen-bond acceptors (Lipinski definition) is 4. The summed E-state index contributed by atoms with van der Waals surface area (Å²) in [6.07, 6.45) is 7.15. The second kappa shape index (κ2) is 9.79. The molecule has 4 rings (SSSR count). The molecule has 0 bridgehead atoms. The summed E-state index contributed by atoms with van der Waals surface area (Å²) in [6, 6.07) is 20.3. The molecule has 5 heteroatoms. The molecular weight excluding hydrogens is 380 g/mol. The Morgan fingerprint density at radius 1 is 0.931 bits per heavy atom. The Bertz CT molecular complexity index is 860. The monoisotopic (exact) mass is 406 g/mol. The maximum absolute atomic E-state index is 12.4. The molecule has 1 aromatic heterocycles. The summed E-state index contributed by atoms with van der Waals surface area (Å²) < 4.78 is 6.09. The average Bonchev–Trinajstić information content (AvgIpc) is 3.03. The maximum Gasteiger partial charge on any atom is 0.257 e. The number of benzene rings is 2. The van der Waals surface area contributed by atoms with Crippen LogP contribution < -0.4 is 5.32 Å². The van der Waals surface area contributed by atoms with Gasteiger partial charge in [0.15, 0.2) is 5.76 Å². The molecule has 1 amide bonds. The Morgan fingerprint density at radius 3 is 2.21 bits per heavy atom. The lowest BCUT2D eigenvalue weighted by Gasteiger charge is -2.15. The van der Waals surface area contributed by atoms with Crippen LogP contribution in [0.2, 0.25) is 0 Å². The molecular formula is C24H26N2O2S. The molecule has 0 aliphatic heterocycles. The molecule has 1 heterocycles. The largest absolute Gasteiger partial charge is 0.431 e. The molecule has 1 saturated carbocycles. The van der Waals surface area contributed by atoms with Gasteiger partial charge in [0.05, 0.1) is 5.75 Å². The zero-order valence-electron chi connectivity index (χ0n) is 16.5. The van der Waals surface area contributed by atoms with Gasteiger partial charge < -0.3 is 9.73 Å². The third-order valence-electron chi connectivity index (χ3n) is 5.24. The van der Waals surface area contributed by atoms with Crippen LogP contribution in [0.3, 0.4) is 0 Å². The predicted octanol–water partition coefficient (Wildman–Crippen LogP) is 5.94. The summed E-state index contributed by atoms with van der Waals surface area (Å²) in [5, 5.41) is 3.71. The second-order valence-electron chi connectivity index (χ2n) is 7.43. The Kier molecular flexibility index (Phi) is 6.67. The number of rotatable bonds is 6. The lowest BCUT2D eigenvalue weighted by atomic mass is 10.1. The summed E-state index contributed by atoms with van der Waals surface area (Å²) in [6.45, 7) is 0. The quantitative estimate of drug-likeness (QED) is 0.407. The molecule has 150 valence electrons. The number of thioether (sulfide) groups is 1. The Balaban J connectivity index is 1.48. The summed E-state index contributed by atoms with van der Waals surface area (Å²) in [5.41, 5.74) is 2.79. The predicted molar refractivity (Wildman–Crippen MR) is 118 cm³/mol. The van der Waals surface area contributed by atoms with Crippen LogP contribution in [-0.4, -0.2) is 22.7 Å². The van der Waals surface area contributed by atoms with Crippen molar-refractivity contribution >= 4 is 17.7 Å². The van der Waals surface area contributed by atoms with E-state index in [1.54, 1.807) is 0 Å². The lowest BCUT2D eigenvalue weighted by molar-refractivity contribution is -0.119. The highest BCUT2D eigenvalue weighted by atomic mass is 32.2. The third kappa shape index (κ3) is 5.30. The molecule has 1 N–H and O–H groups in total. The van der Waals surface area contributed by atoms with Crippen molar-refractivity contribution in [2.75, 3.05) is 5.75 Å². The molecule has 0 radical (unpaired) electrons. The zero-order chi connectivity index (χ0) is 19.9. The number of aromatic nitrogens is 1. The van der Waals surface area contributed by atoms with E-state index in [0.717, 1.165) is 35.4 Å². The first-order valence-corrected chi connectivity index (χ1v) is 11.3. The van der Waals surface area contributed by atoms with Gasteiger partial charge in [0, 0.05) is 17.2 Å². The highest BCUT2D eigenvalue weighted by Gasteiger charge is 2.19. The van der Waals surface area contributed by atoms with Crippen molar-refractivity contribution in [3.8, 4) is 22.6 Å². The minimum atomic E-state index is 0.0580. The van der Waals surface area contributed by atoms with Crippen LogP contribution in [0, 0.1) is 0 Å². The van der Waals surface area contributed by atoms with Gasteiger partial charge >= 0.3 is 0 Å². The Hall–Kier alpha value is -2.53. The van der Waals surface area contributed by atoms with Gasteiger partial charge in [-0.1, -0.05) is 98.1 Å². The van der Waals surface area contributed by atoms with E-state index in [4.69, 9.17) is 9.40 Å². The fraction of sp³-hybridized carbons (Fsp3) is 0.333. The van der Waals surface area contributed by atoms with Crippen LogP contribution >= 0.6 is 11.8 Å². The Morgan fingerprint density at radius 2 is 1.55 bits per heavy atom. The van der Waals surface area contributed by atoms with E-state index in [1.807, 2.05) is 60.7 Å². The smallest absolute Gasteiger partial charge is 0.257 e. The van der Waals surface area contributed by atoms with E-state index in [0.29, 0.717) is 17.0 Å². The van der Waals surface area contributed by atoms with Crippen molar-refractivity contribution in [3.63, 3.8) is 0 Å². The van der Waals surface area contributed by atoms with E-state index >= 15 is 0 Å². The number of oxazole rings is 1. The van der Waals surface area contributed by atoms with Crippen LogP contribution in [0.25, 0.3) is 22.6 Å². The van der Waals surface area contributed by atoms with Gasteiger partial charge in [0.2, 0.25) is 5.91 Å². The SMILES string of the molecule is O=C(CSc1nc(-c2ccccc2)c(-c2ccccc2)o1)NC1CCCCCC1. The zero-order valence-corrected chi connectivity index (χ0v) is 17.3. The van der Waals surface area contributed by atoms with Crippen LogP contribution in [0.5, 0.6) is 0 Å². The first-order valence-electron chi connectivity index (χ1n) is 10.3. The molecule has 4 nitrogen and oxygen atoms in total. The van der Waals surface area contributed by atoms with Gasteiger partial charge in [-0.3, -0.25) is 4.79 Å². The molecule has 1 fully saturated rings. The van der Waals surface area contributed by atoms with Crippen molar-refractivity contribution < 1.29 is 9.21 Å². The van der Waals surface area contributed by atoms with Crippen LogP contribution in [0.15, 0.2) is 70.3 Å². The fourth-order valence-electron chi connectivity index (χ4n) is 3.76. The number of amides is 1. The summed E-state index contributed by atoms with van der Waals surface area (Å²) in [7, 11) is 0. The molecule has 0 unspecified atom stereocenters. The molecule has 1 aliphatic carbocycles. The van der Waals surface area contributed by atoms with Gasteiger partial charge in [-0.05, 0) is 12.8 Å². The molecule has 3 aromatic rings. The third-order valence-corrected chi connectivity index (χ3v) is 6.07. The van der Waals surface area contributed by atoms with E-state index in [-0.39, 0.29) is 5.91 Å². The summed E-state index contributed by atoms with van der Waals surface area (Å²) >= 11 is 1.36. The van der Waals surface area contributed by atoms with Crippen molar-refractivity contribution in [2.24, 2.45) is 0 Å². The van der Waals surface area contributed by atoms with E-state index in [2.05, 4.69) is 5.32 Å².